The van der Waals surface area contributed by atoms with Gasteiger partial charge in [0.15, 0.2) is 0 Å². The predicted octanol–water partition coefficient (Wildman–Crippen LogP) is 1.54. The molecule has 0 radical (unpaired) electrons. The summed E-state index contributed by atoms with van der Waals surface area (Å²) in [4.78, 5) is 14.5. The molecule has 2 atom stereocenters. The van der Waals surface area contributed by atoms with Crippen molar-refractivity contribution in [3.8, 4) is 5.75 Å². The summed E-state index contributed by atoms with van der Waals surface area (Å²) in [5.74, 6) is -0.0826. The number of phenols is 1. The molecule has 1 N–H and O–H groups in total. The molecule has 3 aliphatic heterocycles. The minimum atomic E-state index is -3.26. The van der Waals surface area contributed by atoms with Crippen molar-refractivity contribution < 1.29 is 18.3 Å². The Balaban J connectivity index is 1.86. The van der Waals surface area contributed by atoms with Crippen LogP contribution in [0.2, 0.25) is 5.02 Å². The Hall–Kier alpha value is -1.31. The number of halogens is 1. The number of carbonyl (C=O) groups is 1. The second kappa shape index (κ2) is 5.96. The second-order valence-corrected chi connectivity index (χ2v) is 8.69. The first kappa shape index (κ1) is 16.5. The minimum absolute atomic E-state index is 0.0659. The zero-order chi connectivity index (χ0) is 16.8. The number of piperidine rings is 1. The third kappa shape index (κ3) is 3.32. The van der Waals surface area contributed by atoms with E-state index in [0.717, 1.165) is 12.8 Å². The number of benzene rings is 1. The maximum absolute atomic E-state index is 12.8. The van der Waals surface area contributed by atoms with Gasteiger partial charge in [0.2, 0.25) is 10.0 Å². The highest BCUT2D eigenvalue weighted by molar-refractivity contribution is 7.88. The number of fused-ring (bicyclic) bond motifs is 4. The molecule has 23 heavy (non-hydrogen) atoms. The standard InChI is InChI=1S/C15H19ClN2O4S/c1-23(21,22)17-7-10-2-4-12(9-17)18(8-10)15(20)11-3-5-14(19)13(16)6-11/h3,5-6,10,12,19H,2,4,7-9H2,1H3/t10-,12+/m1/s1. The highest BCUT2D eigenvalue weighted by atomic mass is 35.5. The zero-order valence-corrected chi connectivity index (χ0v) is 14.3. The van der Waals surface area contributed by atoms with Crippen molar-refractivity contribution >= 4 is 27.5 Å². The van der Waals surface area contributed by atoms with E-state index >= 15 is 0 Å². The largest absolute Gasteiger partial charge is 0.506 e. The summed E-state index contributed by atoms with van der Waals surface area (Å²) in [5, 5.41) is 9.61. The quantitative estimate of drug-likeness (QED) is 0.869. The Kier molecular flexibility index (Phi) is 4.29. The number of carbonyl (C=O) groups excluding carboxylic acids is 1. The second-order valence-electron chi connectivity index (χ2n) is 6.30. The first-order chi connectivity index (χ1) is 10.8. The first-order valence-electron chi connectivity index (χ1n) is 7.50. The zero-order valence-electron chi connectivity index (χ0n) is 12.8. The summed E-state index contributed by atoms with van der Waals surface area (Å²) in [6.07, 6.45) is 2.94. The fourth-order valence-corrected chi connectivity index (χ4v) is 4.47. The smallest absolute Gasteiger partial charge is 0.254 e. The molecule has 2 bridgehead atoms. The number of rotatable bonds is 2. The summed E-state index contributed by atoms with van der Waals surface area (Å²) in [6.45, 7) is 1.36. The normalized spacial score (nSPS) is 25.4. The Morgan fingerprint density at radius 2 is 2.00 bits per heavy atom. The summed E-state index contributed by atoms with van der Waals surface area (Å²) >= 11 is 5.88. The molecule has 0 saturated carbocycles. The van der Waals surface area contributed by atoms with Crippen LogP contribution < -0.4 is 0 Å². The van der Waals surface area contributed by atoms with Crippen molar-refractivity contribution in [1.82, 2.24) is 9.21 Å². The molecular weight excluding hydrogens is 340 g/mol. The lowest BCUT2D eigenvalue weighted by Gasteiger charge is -2.36. The molecule has 8 heteroatoms. The van der Waals surface area contributed by atoms with Gasteiger partial charge in [0.05, 0.1) is 11.3 Å². The minimum Gasteiger partial charge on any atom is -0.506 e. The maximum atomic E-state index is 12.8. The molecular formula is C15H19ClN2O4S. The van der Waals surface area contributed by atoms with Crippen LogP contribution in [0.4, 0.5) is 0 Å². The van der Waals surface area contributed by atoms with Gasteiger partial charge in [0, 0.05) is 31.2 Å². The van der Waals surface area contributed by atoms with Gasteiger partial charge >= 0.3 is 0 Å². The Morgan fingerprint density at radius 3 is 2.65 bits per heavy atom. The van der Waals surface area contributed by atoms with E-state index in [-0.39, 0.29) is 28.6 Å². The van der Waals surface area contributed by atoms with Crippen LogP contribution in [-0.2, 0) is 10.0 Å². The molecule has 3 heterocycles. The van der Waals surface area contributed by atoms with E-state index in [4.69, 9.17) is 11.6 Å². The summed E-state index contributed by atoms with van der Waals surface area (Å²) in [6, 6.07) is 4.26. The summed E-state index contributed by atoms with van der Waals surface area (Å²) < 4.78 is 25.2. The molecule has 4 rings (SSSR count). The average Bonchev–Trinajstić information content (AvgIpc) is 2.81. The van der Waals surface area contributed by atoms with Gasteiger partial charge in [-0.3, -0.25) is 4.79 Å². The molecule has 3 saturated heterocycles. The number of hydrogen-bond acceptors (Lipinski definition) is 4. The van der Waals surface area contributed by atoms with Gasteiger partial charge in [-0.15, -0.1) is 0 Å². The number of amides is 1. The van der Waals surface area contributed by atoms with Crippen LogP contribution in [0.15, 0.2) is 18.2 Å². The topological polar surface area (TPSA) is 77.9 Å². The molecule has 0 unspecified atom stereocenters. The van der Waals surface area contributed by atoms with Crippen LogP contribution in [0.3, 0.4) is 0 Å². The van der Waals surface area contributed by atoms with Gasteiger partial charge in [-0.25, -0.2) is 8.42 Å². The van der Waals surface area contributed by atoms with Crippen molar-refractivity contribution in [2.24, 2.45) is 5.92 Å². The number of hydrogen-bond donors (Lipinski definition) is 1. The third-order valence-corrected chi connectivity index (χ3v) is 6.14. The van der Waals surface area contributed by atoms with E-state index in [0.29, 0.717) is 25.2 Å². The molecule has 126 valence electrons. The predicted molar refractivity (Wildman–Crippen MR) is 87.1 cm³/mol. The third-order valence-electron chi connectivity index (χ3n) is 4.60. The van der Waals surface area contributed by atoms with E-state index in [1.807, 2.05) is 0 Å². The molecule has 3 fully saturated rings. The van der Waals surface area contributed by atoms with E-state index < -0.39 is 10.0 Å². The molecule has 1 amide bonds. The Morgan fingerprint density at radius 1 is 1.26 bits per heavy atom. The van der Waals surface area contributed by atoms with Crippen molar-refractivity contribution in [1.29, 1.82) is 0 Å². The van der Waals surface area contributed by atoms with Crippen molar-refractivity contribution in [2.45, 2.75) is 18.9 Å². The van der Waals surface area contributed by atoms with E-state index in [9.17, 15) is 18.3 Å². The SMILES string of the molecule is CS(=O)(=O)N1C[C@H]2CC[C@@H](C1)N(C(=O)c1ccc(O)c(Cl)c1)C2. The number of phenolic OH excluding ortho intramolecular Hbond substituents is 1. The molecule has 1 aromatic carbocycles. The van der Waals surface area contributed by atoms with Gasteiger partial charge in [0.25, 0.3) is 5.91 Å². The van der Waals surface area contributed by atoms with E-state index in [2.05, 4.69) is 0 Å². The van der Waals surface area contributed by atoms with Crippen LogP contribution >= 0.6 is 11.6 Å². The van der Waals surface area contributed by atoms with Gasteiger partial charge in [-0.05, 0) is 37.0 Å². The first-order valence-corrected chi connectivity index (χ1v) is 9.73. The van der Waals surface area contributed by atoms with Crippen LogP contribution in [0, 0.1) is 5.92 Å². The van der Waals surface area contributed by atoms with Crippen molar-refractivity contribution in [3.63, 3.8) is 0 Å². The molecule has 3 aliphatic rings. The van der Waals surface area contributed by atoms with Crippen LogP contribution in [0.1, 0.15) is 23.2 Å². The molecule has 1 aromatic rings. The van der Waals surface area contributed by atoms with E-state index in [1.165, 1.54) is 28.8 Å². The van der Waals surface area contributed by atoms with Gasteiger partial charge in [-0.2, -0.15) is 4.31 Å². The summed E-state index contributed by atoms with van der Waals surface area (Å²) in [7, 11) is -3.26. The summed E-state index contributed by atoms with van der Waals surface area (Å²) in [5.41, 5.74) is 0.409. The van der Waals surface area contributed by atoms with Crippen LogP contribution in [0.5, 0.6) is 5.75 Å². The molecule has 0 spiro atoms. The highest BCUT2D eigenvalue weighted by Crippen LogP contribution is 2.31. The fraction of sp³-hybridized carbons (Fsp3) is 0.533. The Labute approximate surface area is 140 Å². The lowest BCUT2D eigenvalue weighted by Crippen LogP contribution is -2.47. The molecule has 0 aliphatic carbocycles. The lowest BCUT2D eigenvalue weighted by molar-refractivity contribution is 0.0589. The number of nitrogens with zero attached hydrogens (tertiary/aromatic N) is 2. The Bertz CT molecular complexity index is 737. The van der Waals surface area contributed by atoms with Gasteiger partial charge in [0.1, 0.15) is 5.75 Å². The van der Waals surface area contributed by atoms with Crippen molar-refractivity contribution in [3.05, 3.63) is 28.8 Å². The average molecular weight is 359 g/mol. The maximum Gasteiger partial charge on any atom is 0.254 e. The molecule has 6 nitrogen and oxygen atoms in total. The fourth-order valence-electron chi connectivity index (χ4n) is 3.36. The van der Waals surface area contributed by atoms with E-state index in [1.54, 1.807) is 4.90 Å². The highest BCUT2D eigenvalue weighted by Gasteiger charge is 2.39. The number of sulfonamides is 1. The number of aromatic hydroxyl groups is 1. The van der Waals surface area contributed by atoms with Gasteiger partial charge < -0.3 is 10.0 Å². The molecule has 0 aromatic heterocycles. The lowest BCUT2D eigenvalue weighted by atomic mass is 9.94. The van der Waals surface area contributed by atoms with Gasteiger partial charge in [-0.1, -0.05) is 11.6 Å². The monoisotopic (exact) mass is 358 g/mol. The van der Waals surface area contributed by atoms with Crippen LogP contribution in [-0.4, -0.2) is 60.6 Å². The van der Waals surface area contributed by atoms with Crippen LogP contribution in [0.25, 0.3) is 0 Å². The van der Waals surface area contributed by atoms with Crippen molar-refractivity contribution in [2.75, 3.05) is 25.9 Å².